The molecule has 1 N–H and O–H groups in total. The Bertz CT molecular complexity index is 802. The lowest BCUT2D eigenvalue weighted by Gasteiger charge is -2.34. The molecule has 1 aromatic carbocycles. The quantitative estimate of drug-likeness (QED) is 0.320. The van der Waals surface area contributed by atoms with Gasteiger partial charge in [0.05, 0.1) is 32.9 Å². The highest BCUT2D eigenvalue weighted by Crippen LogP contribution is 2.39. The molecule has 2 rings (SSSR count). The molecule has 0 bridgehead atoms. The molecule has 8 nitrogen and oxygen atoms in total. The molecule has 0 spiro atoms. The highest BCUT2D eigenvalue weighted by atomic mass is 16.6. The minimum atomic E-state index is -1.82. The number of esters is 1. The van der Waals surface area contributed by atoms with E-state index in [2.05, 4.69) is 6.58 Å². The largest absolute Gasteiger partial charge is 0.497 e. The van der Waals surface area contributed by atoms with Gasteiger partial charge in [-0.1, -0.05) is 18.2 Å². The van der Waals surface area contributed by atoms with Crippen LogP contribution in [0.4, 0.5) is 4.79 Å². The third-order valence-electron chi connectivity index (χ3n) is 5.62. The molecular weight excluding hydrogens is 426 g/mol. The highest BCUT2D eigenvalue weighted by molar-refractivity contribution is 5.83. The van der Waals surface area contributed by atoms with E-state index in [1.165, 1.54) is 12.0 Å². The molecule has 1 saturated heterocycles. The van der Waals surface area contributed by atoms with E-state index >= 15 is 0 Å². The average Bonchev–Trinajstić information content (AvgIpc) is 3.07. The Labute approximate surface area is 196 Å². The van der Waals surface area contributed by atoms with Crippen LogP contribution in [0.25, 0.3) is 0 Å². The van der Waals surface area contributed by atoms with Gasteiger partial charge < -0.3 is 24.1 Å². The first-order valence-electron chi connectivity index (χ1n) is 11.2. The Morgan fingerprint density at radius 1 is 1.21 bits per heavy atom. The summed E-state index contributed by atoms with van der Waals surface area (Å²) in [6, 6.07) is 6.33. The lowest BCUT2D eigenvalue weighted by Crippen LogP contribution is -2.53. The van der Waals surface area contributed by atoms with Crippen LogP contribution in [0.5, 0.6) is 5.75 Å². The van der Waals surface area contributed by atoms with Gasteiger partial charge in [0.15, 0.2) is 5.60 Å². The van der Waals surface area contributed by atoms with Gasteiger partial charge in [0, 0.05) is 13.0 Å². The molecule has 3 atom stereocenters. The van der Waals surface area contributed by atoms with E-state index in [1.54, 1.807) is 34.0 Å². The van der Waals surface area contributed by atoms with Crippen molar-refractivity contribution in [2.24, 2.45) is 0 Å². The maximum Gasteiger partial charge on any atom is 0.411 e. The summed E-state index contributed by atoms with van der Waals surface area (Å²) in [7, 11) is 2.85. The van der Waals surface area contributed by atoms with Crippen molar-refractivity contribution >= 4 is 12.1 Å². The fourth-order valence-electron chi connectivity index (χ4n) is 4.02. The molecule has 1 amide bonds. The summed E-state index contributed by atoms with van der Waals surface area (Å²) in [6.45, 7) is 10.1. The molecule has 0 saturated carbocycles. The van der Waals surface area contributed by atoms with Gasteiger partial charge in [-0.3, -0.25) is 4.90 Å². The molecule has 1 aromatic rings. The second kappa shape index (κ2) is 11.5. The monoisotopic (exact) mass is 463 g/mol. The number of carbonyl (C=O) groups is 2. The number of hydrogen-bond acceptors (Lipinski definition) is 7. The number of amides is 1. The first-order valence-corrected chi connectivity index (χ1v) is 11.2. The normalized spacial score (nSPS) is 22.7. The smallest absolute Gasteiger partial charge is 0.411 e. The first-order chi connectivity index (χ1) is 15.6. The van der Waals surface area contributed by atoms with Crippen LogP contribution in [0.1, 0.15) is 52.0 Å². The van der Waals surface area contributed by atoms with Crippen LogP contribution in [0.3, 0.4) is 0 Å². The van der Waals surface area contributed by atoms with Gasteiger partial charge in [0.2, 0.25) is 0 Å². The van der Waals surface area contributed by atoms with E-state index in [0.29, 0.717) is 32.5 Å². The molecule has 8 heteroatoms. The van der Waals surface area contributed by atoms with Crippen molar-refractivity contribution in [3.8, 4) is 5.75 Å². The minimum absolute atomic E-state index is 0.0149. The number of nitrogens with zero attached hydrogens (tertiary/aromatic N) is 1. The molecule has 1 aliphatic heterocycles. The van der Waals surface area contributed by atoms with Crippen molar-refractivity contribution in [1.82, 2.24) is 4.90 Å². The Balaban J connectivity index is 1.99. The summed E-state index contributed by atoms with van der Waals surface area (Å²) in [5, 5.41) is 11.2. The van der Waals surface area contributed by atoms with Crippen LogP contribution in [0, 0.1) is 0 Å². The average molecular weight is 464 g/mol. The number of carbonyl (C=O) groups excluding carboxylic acids is 2. The second-order valence-electron chi connectivity index (χ2n) is 9.22. The SMILES string of the molecule is C=C[C@@H]1C[C@](O)(C(=O)OC)[C@H](CCCCOCc2ccc(OC)cc2)N1C(=O)OC(C)(C)C. The molecule has 0 aromatic heterocycles. The Morgan fingerprint density at radius 3 is 2.42 bits per heavy atom. The first kappa shape index (κ1) is 26.7. The number of ether oxygens (including phenoxy) is 4. The van der Waals surface area contributed by atoms with Gasteiger partial charge in [-0.25, -0.2) is 9.59 Å². The van der Waals surface area contributed by atoms with E-state index in [-0.39, 0.29) is 6.42 Å². The molecule has 0 aliphatic carbocycles. The molecule has 0 radical (unpaired) electrons. The fourth-order valence-corrected chi connectivity index (χ4v) is 4.02. The van der Waals surface area contributed by atoms with Crippen LogP contribution in [0.15, 0.2) is 36.9 Å². The van der Waals surface area contributed by atoms with Gasteiger partial charge in [0.25, 0.3) is 0 Å². The van der Waals surface area contributed by atoms with Crippen molar-refractivity contribution in [2.75, 3.05) is 20.8 Å². The van der Waals surface area contributed by atoms with Crippen LogP contribution in [-0.2, 0) is 25.6 Å². The Hall–Kier alpha value is -2.58. The fraction of sp³-hybridized carbons (Fsp3) is 0.600. The lowest BCUT2D eigenvalue weighted by molar-refractivity contribution is -0.165. The standard InChI is InChI=1S/C25H37NO7/c1-7-19-16-25(29,22(27)31-6)21(26(19)23(28)33-24(2,3)4)10-8-9-15-32-17-18-11-13-20(30-5)14-12-18/h7,11-14,19,21,29H,1,8-10,15-17H2,2-6H3/t19-,21+,25-/m1/s1. The zero-order chi connectivity index (χ0) is 24.6. The van der Waals surface area contributed by atoms with Gasteiger partial charge in [-0.15, -0.1) is 6.58 Å². The number of rotatable bonds is 10. The van der Waals surface area contributed by atoms with E-state index in [9.17, 15) is 14.7 Å². The molecule has 1 aliphatic rings. The number of likely N-dealkylation sites (tertiary alicyclic amines) is 1. The van der Waals surface area contributed by atoms with Gasteiger partial charge in [0.1, 0.15) is 11.4 Å². The van der Waals surface area contributed by atoms with E-state index in [0.717, 1.165) is 11.3 Å². The topological polar surface area (TPSA) is 94.5 Å². The summed E-state index contributed by atoms with van der Waals surface area (Å²) in [5.74, 6) is 0.0296. The Morgan fingerprint density at radius 2 is 1.88 bits per heavy atom. The summed E-state index contributed by atoms with van der Waals surface area (Å²) in [5.41, 5.74) is -1.50. The van der Waals surface area contributed by atoms with E-state index in [1.807, 2.05) is 24.3 Å². The van der Waals surface area contributed by atoms with Gasteiger partial charge in [-0.05, 0) is 57.7 Å². The molecule has 184 valence electrons. The number of methoxy groups -OCH3 is 2. The Kier molecular flexibility index (Phi) is 9.31. The minimum Gasteiger partial charge on any atom is -0.497 e. The predicted octanol–water partition coefficient (Wildman–Crippen LogP) is 3.85. The van der Waals surface area contributed by atoms with Crippen LogP contribution < -0.4 is 4.74 Å². The van der Waals surface area contributed by atoms with Crippen molar-refractivity contribution in [3.05, 3.63) is 42.5 Å². The third kappa shape index (κ3) is 6.95. The van der Waals surface area contributed by atoms with E-state index < -0.39 is 35.3 Å². The van der Waals surface area contributed by atoms with Gasteiger partial charge in [-0.2, -0.15) is 0 Å². The lowest BCUT2D eigenvalue weighted by atomic mass is 9.90. The maximum atomic E-state index is 12.9. The van der Waals surface area contributed by atoms with Crippen molar-refractivity contribution in [3.63, 3.8) is 0 Å². The van der Waals surface area contributed by atoms with Crippen molar-refractivity contribution in [1.29, 1.82) is 0 Å². The second-order valence-corrected chi connectivity index (χ2v) is 9.22. The summed E-state index contributed by atoms with van der Waals surface area (Å²) in [4.78, 5) is 26.8. The summed E-state index contributed by atoms with van der Waals surface area (Å²) >= 11 is 0. The van der Waals surface area contributed by atoms with Crippen molar-refractivity contribution in [2.45, 2.75) is 76.3 Å². The summed E-state index contributed by atoms with van der Waals surface area (Å²) < 4.78 is 21.3. The van der Waals surface area contributed by atoms with Crippen LogP contribution in [-0.4, -0.2) is 66.2 Å². The molecular formula is C25H37NO7. The third-order valence-corrected chi connectivity index (χ3v) is 5.62. The molecule has 33 heavy (non-hydrogen) atoms. The zero-order valence-corrected chi connectivity index (χ0v) is 20.3. The van der Waals surface area contributed by atoms with Crippen molar-refractivity contribution < 1.29 is 33.6 Å². The number of benzene rings is 1. The van der Waals surface area contributed by atoms with Gasteiger partial charge >= 0.3 is 12.1 Å². The maximum absolute atomic E-state index is 12.9. The predicted molar refractivity (Wildman–Crippen MR) is 124 cm³/mol. The molecule has 0 unspecified atom stereocenters. The number of aliphatic hydroxyl groups is 1. The highest BCUT2D eigenvalue weighted by Gasteiger charge is 2.58. The molecule has 1 heterocycles. The number of unbranched alkanes of at least 4 members (excludes halogenated alkanes) is 1. The van der Waals surface area contributed by atoms with Crippen LogP contribution >= 0.6 is 0 Å². The molecule has 1 fully saturated rings. The summed E-state index contributed by atoms with van der Waals surface area (Å²) in [6.07, 6.45) is 2.70. The van der Waals surface area contributed by atoms with E-state index in [4.69, 9.17) is 18.9 Å². The number of hydrogen-bond donors (Lipinski definition) is 1. The van der Waals surface area contributed by atoms with Crippen LogP contribution in [0.2, 0.25) is 0 Å². The zero-order valence-electron chi connectivity index (χ0n) is 20.3.